The van der Waals surface area contributed by atoms with Crippen LogP contribution in [0.25, 0.3) is 0 Å². The third kappa shape index (κ3) is 3.82. The first-order valence-corrected chi connectivity index (χ1v) is 6.31. The molecule has 1 saturated heterocycles. The van der Waals surface area contributed by atoms with Gasteiger partial charge < -0.3 is 14.8 Å². The second-order valence-electron chi connectivity index (χ2n) is 4.96. The Bertz CT molecular complexity index is 438. The first kappa shape index (κ1) is 13.6. The van der Waals surface area contributed by atoms with Crippen LogP contribution >= 0.6 is 0 Å². The van der Waals surface area contributed by atoms with Gasteiger partial charge in [0.1, 0.15) is 5.76 Å². The summed E-state index contributed by atoms with van der Waals surface area (Å²) in [6, 6.07) is 3.44. The lowest BCUT2D eigenvalue weighted by Crippen LogP contribution is -2.51. The summed E-state index contributed by atoms with van der Waals surface area (Å²) in [7, 11) is 0. The first-order valence-electron chi connectivity index (χ1n) is 6.31. The van der Waals surface area contributed by atoms with Gasteiger partial charge in [0.05, 0.1) is 25.3 Å². The minimum Gasteiger partial charge on any atom is -0.481 e. The third-order valence-electron chi connectivity index (χ3n) is 3.21. The fraction of sp³-hybridized carbons (Fsp3) is 0.538. The van der Waals surface area contributed by atoms with Gasteiger partial charge in [-0.3, -0.25) is 14.5 Å². The number of amides is 1. The van der Waals surface area contributed by atoms with Gasteiger partial charge in [-0.25, -0.2) is 0 Å². The van der Waals surface area contributed by atoms with Crippen molar-refractivity contribution in [2.75, 3.05) is 19.6 Å². The van der Waals surface area contributed by atoms with E-state index in [-0.39, 0.29) is 24.3 Å². The van der Waals surface area contributed by atoms with Crippen LogP contribution in [-0.4, -0.2) is 41.5 Å². The molecule has 2 heterocycles. The second kappa shape index (κ2) is 5.88. The van der Waals surface area contributed by atoms with Crippen molar-refractivity contribution in [1.82, 2.24) is 10.2 Å². The van der Waals surface area contributed by atoms with Gasteiger partial charge in [0.2, 0.25) is 5.91 Å². The number of aliphatic carboxylic acids is 1. The molecule has 0 bridgehead atoms. The SMILES string of the molecule is CC(NC(=O)CN1CC(CC(=O)O)C1)c1ccco1. The maximum absolute atomic E-state index is 11.8. The minimum absolute atomic E-state index is 0.0716. The number of carboxylic acids is 1. The molecular weight excluding hydrogens is 248 g/mol. The lowest BCUT2D eigenvalue weighted by atomic mass is 9.96. The maximum Gasteiger partial charge on any atom is 0.303 e. The van der Waals surface area contributed by atoms with Crippen LogP contribution in [-0.2, 0) is 9.59 Å². The summed E-state index contributed by atoms with van der Waals surface area (Å²) in [6.07, 6.45) is 1.75. The van der Waals surface area contributed by atoms with E-state index in [9.17, 15) is 9.59 Å². The summed E-state index contributed by atoms with van der Waals surface area (Å²) in [5.41, 5.74) is 0. The van der Waals surface area contributed by atoms with Crippen LogP contribution in [0.1, 0.15) is 25.1 Å². The van der Waals surface area contributed by atoms with Gasteiger partial charge in [-0.05, 0) is 25.0 Å². The Morgan fingerprint density at radius 2 is 2.32 bits per heavy atom. The standard InChI is InChI=1S/C13H18N2O4/c1-9(11-3-2-4-19-11)14-12(16)8-15-6-10(7-15)5-13(17)18/h2-4,9-10H,5-8H2,1H3,(H,14,16)(H,17,18). The molecule has 0 aliphatic carbocycles. The van der Waals surface area contributed by atoms with E-state index in [1.54, 1.807) is 12.3 Å². The summed E-state index contributed by atoms with van der Waals surface area (Å²) in [5.74, 6) is 0.0479. The molecule has 1 aromatic heterocycles. The molecule has 2 rings (SSSR count). The van der Waals surface area contributed by atoms with Crippen molar-refractivity contribution in [1.29, 1.82) is 0 Å². The van der Waals surface area contributed by atoms with Crippen molar-refractivity contribution in [2.45, 2.75) is 19.4 Å². The van der Waals surface area contributed by atoms with E-state index in [2.05, 4.69) is 5.32 Å². The highest BCUT2D eigenvalue weighted by atomic mass is 16.4. The summed E-state index contributed by atoms with van der Waals surface area (Å²) in [5, 5.41) is 11.5. The van der Waals surface area contributed by atoms with Gasteiger partial charge >= 0.3 is 5.97 Å². The van der Waals surface area contributed by atoms with Crippen molar-refractivity contribution in [3.05, 3.63) is 24.2 Å². The predicted octanol–water partition coefficient (Wildman–Crippen LogP) is 0.863. The van der Waals surface area contributed by atoms with Gasteiger partial charge in [-0.2, -0.15) is 0 Å². The summed E-state index contributed by atoms with van der Waals surface area (Å²) in [4.78, 5) is 24.2. The molecule has 1 aliphatic rings. The number of carbonyl (C=O) groups is 2. The highest BCUT2D eigenvalue weighted by molar-refractivity contribution is 5.78. The van der Waals surface area contributed by atoms with E-state index in [4.69, 9.17) is 9.52 Å². The van der Waals surface area contributed by atoms with Crippen LogP contribution < -0.4 is 5.32 Å². The maximum atomic E-state index is 11.8. The van der Waals surface area contributed by atoms with Gasteiger partial charge in [-0.1, -0.05) is 0 Å². The topological polar surface area (TPSA) is 82.8 Å². The van der Waals surface area contributed by atoms with Crippen LogP contribution in [0, 0.1) is 5.92 Å². The Labute approximate surface area is 111 Å². The smallest absolute Gasteiger partial charge is 0.303 e. The van der Waals surface area contributed by atoms with Crippen LogP contribution in [0.15, 0.2) is 22.8 Å². The van der Waals surface area contributed by atoms with Gasteiger partial charge in [-0.15, -0.1) is 0 Å². The Kier molecular flexibility index (Phi) is 4.21. The van der Waals surface area contributed by atoms with Crippen LogP contribution in [0.2, 0.25) is 0 Å². The van der Waals surface area contributed by atoms with Crippen molar-refractivity contribution < 1.29 is 19.1 Å². The van der Waals surface area contributed by atoms with Gasteiger partial charge in [0, 0.05) is 13.1 Å². The molecule has 104 valence electrons. The normalized spacial score (nSPS) is 17.7. The van der Waals surface area contributed by atoms with E-state index in [0.29, 0.717) is 19.6 Å². The molecule has 1 fully saturated rings. The molecule has 0 saturated carbocycles. The number of nitrogens with zero attached hydrogens (tertiary/aromatic N) is 1. The molecule has 19 heavy (non-hydrogen) atoms. The molecule has 1 atom stereocenters. The highest BCUT2D eigenvalue weighted by Gasteiger charge is 2.29. The molecule has 1 unspecified atom stereocenters. The van der Waals surface area contributed by atoms with E-state index < -0.39 is 5.97 Å². The average molecular weight is 266 g/mol. The Hall–Kier alpha value is -1.82. The van der Waals surface area contributed by atoms with Crippen molar-refractivity contribution in [3.63, 3.8) is 0 Å². The molecule has 1 aliphatic heterocycles. The lowest BCUT2D eigenvalue weighted by molar-refractivity contribution is -0.139. The zero-order chi connectivity index (χ0) is 13.8. The minimum atomic E-state index is -0.777. The fourth-order valence-corrected chi connectivity index (χ4v) is 2.28. The quantitative estimate of drug-likeness (QED) is 0.798. The zero-order valence-corrected chi connectivity index (χ0v) is 10.8. The molecule has 1 amide bonds. The molecule has 2 N–H and O–H groups in total. The van der Waals surface area contributed by atoms with Gasteiger partial charge in [0.15, 0.2) is 0 Å². The van der Waals surface area contributed by atoms with Crippen molar-refractivity contribution in [2.24, 2.45) is 5.92 Å². The van der Waals surface area contributed by atoms with E-state index >= 15 is 0 Å². The van der Waals surface area contributed by atoms with Crippen LogP contribution in [0.3, 0.4) is 0 Å². The van der Waals surface area contributed by atoms with Crippen molar-refractivity contribution in [3.8, 4) is 0 Å². The Morgan fingerprint density at radius 1 is 1.58 bits per heavy atom. The number of hydrogen-bond donors (Lipinski definition) is 2. The molecule has 0 spiro atoms. The van der Waals surface area contributed by atoms with E-state index in [1.165, 1.54) is 0 Å². The molecular formula is C13H18N2O4. The van der Waals surface area contributed by atoms with Gasteiger partial charge in [0.25, 0.3) is 0 Å². The van der Waals surface area contributed by atoms with E-state index in [1.807, 2.05) is 17.9 Å². The molecule has 6 heteroatoms. The van der Waals surface area contributed by atoms with Crippen LogP contribution in [0.5, 0.6) is 0 Å². The second-order valence-corrected chi connectivity index (χ2v) is 4.96. The predicted molar refractivity (Wildman–Crippen MR) is 67.4 cm³/mol. The Balaban J connectivity index is 1.67. The number of carbonyl (C=O) groups excluding carboxylic acids is 1. The lowest BCUT2D eigenvalue weighted by Gasteiger charge is -2.38. The van der Waals surface area contributed by atoms with E-state index in [0.717, 1.165) is 5.76 Å². The number of nitrogens with one attached hydrogen (secondary N) is 1. The first-order chi connectivity index (χ1) is 9.04. The third-order valence-corrected chi connectivity index (χ3v) is 3.21. The fourth-order valence-electron chi connectivity index (χ4n) is 2.28. The number of likely N-dealkylation sites (tertiary alicyclic amines) is 1. The molecule has 6 nitrogen and oxygen atoms in total. The summed E-state index contributed by atoms with van der Waals surface area (Å²) >= 11 is 0. The summed E-state index contributed by atoms with van der Waals surface area (Å²) in [6.45, 7) is 3.52. The summed E-state index contributed by atoms with van der Waals surface area (Å²) < 4.78 is 5.21. The largest absolute Gasteiger partial charge is 0.481 e. The highest BCUT2D eigenvalue weighted by Crippen LogP contribution is 2.18. The number of carboxylic acid groups (broad SMARTS) is 1. The van der Waals surface area contributed by atoms with Crippen molar-refractivity contribution >= 4 is 11.9 Å². The van der Waals surface area contributed by atoms with Crippen LogP contribution in [0.4, 0.5) is 0 Å². The zero-order valence-electron chi connectivity index (χ0n) is 10.8. The number of furan rings is 1. The number of hydrogen-bond acceptors (Lipinski definition) is 4. The Morgan fingerprint density at radius 3 is 2.89 bits per heavy atom. The number of rotatable bonds is 6. The molecule has 0 radical (unpaired) electrons. The molecule has 0 aromatic carbocycles. The average Bonchev–Trinajstić information content (AvgIpc) is 2.78. The monoisotopic (exact) mass is 266 g/mol. The molecule has 1 aromatic rings.